The fourth-order valence-corrected chi connectivity index (χ4v) is 2.54. The lowest BCUT2D eigenvalue weighted by Gasteiger charge is -2.13. The third-order valence-electron chi connectivity index (χ3n) is 3.73. The van der Waals surface area contributed by atoms with E-state index in [0.29, 0.717) is 13.2 Å². The lowest BCUT2D eigenvalue weighted by molar-refractivity contribution is 0.297. The summed E-state index contributed by atoms with van der Waals surface area (Å²) in [6.07, 6.45) is 5.58. The van der Waals surface area contributed by atoms with E-state index in [-0.39, 0.29) is 0 Å². The van der Waals surface area contributed by atoms with Crippen LogP contribution in [-0.2, 0) is 6.54 Å². The standard InChI is InChI=1S/C18H25N5O2/c1-2-19-18(20-8-3-10-23-11-4-9-21-23)22-15-6-7-16-17(14-15)25-13-5-12-24-16/h4,6-7,9,11,14H,2-3,5,8,10,12-13H2,1H3,(H2,19,20,22). The summed E-state index contributed by atoms with van der Waals surface area (Å²) in [6, 6.07) is 7.80. The van der Waals surface area contributed by atoms with E-state index in [2.05, 4.69) is 27.6 Å². The Morgan fingerprint density at radius 1 is 1.28 bits per heavy atom. The molecular formula is C18H25N5O2. The minimum atomic E-state index is 0.679. The highest BCUT2D eigenvalue weighted by Crippen LogP contribution is 2.32. The summed E-state index contributed by atoms with van der Waals surface area (Å²) < 4.78 is 13.3. The highest BCUT2D eigenvalue weighted by molar-refractivity contribution is 5.93. The molecular weight excluding hydrogens is 318 g/mol. The first kappa shape index (κ1) is 17.1. The van der Waals surface area contributed by atoms with Crippen LogP contribution >= 0.6 is 0 Å². The van der Waals surface area contributed by atoms with E-state index < -0.39 is 0 Å². The number of ether oxygens (including phenoxy) is 2. The van der Waals surface area contributed by atoms with E-state index in [0.717, 1.165) is 55.6 Å². The monoisotopic (exact) mass is 343 g/mol. The first-order valence-corrected chi connectivity index (χ1v) is 8.77. The van der Waals surface area contributed by atoms with Gasteiger partial charge in [-0.05, 0) is 31.5 Å². The lowest BCUT2D eigenvalue weighted by Crippen LogP contribution is -2.30. The molecule has 0 aliphatic carbocycles. The van der Waals surface area contributed by atoms with E-state index in [9.17, 15) is 0 Å². The van der Waals surface area contributed by atoms with Crippen molar-refractivity contribution in [1.29, 1.82) is 0 Å². The molecule has 0 radical (unpaired) electrons. The van der Waals surface area contributed by atoms with E-state index in [1.807, 2.05) is 35.1 Å². The number of aliphatic imine (C=N–C) groups is 1. The van der Waals surface area contributed by atoms with Crippen LogP contribution in [0.5, 0.6) is 11.5 Å². The molecule has 134 valence electrons. The summed E-state index contributed by atoms with van der Waals surface area (Å²) in [5, 5.41) is 10.8. The maximum absolute atomic E-state index is 5.74. The maximum Gasteiger partial charge on any atom is 0.195 e. The van der Waals surface area contributed by atoms with Crippen LogP contribution in [0.1, 0.15) is 19.8 Å². The maximum atomic E-state index is 5.74. The van der Waals surface area contributed by atoms with Crippen molar-refractivity contribution in [3.8, 4) is 11.5 Å². The average molecular weight is 343 g/mol. The Hall–Kier alpha value is -2.70. The van der Waals surface area contributed by atoms with Gasteiger partial charge in [0, 0.05) is 50.2 Å². The van der Waals surface area contributed by atoms with Crippen molar-refractivity contribution in [2.75, 3.05) is 31.6 Å². The molecule has 0 unspecified atom stereocenters. The number of aryl methyl sites for hydroxylation is 1. The van der Waals surface area contributed by atoms with Crippen molar-refractivity contribution in [2.24, 2.45) is 4.99 Å². The molecule has 1 aromatic heterocycles. The van der Waals surface area contributed by atoms with Gasteiger partial charge in [-0.2, -0.15) is 5.10 Å². The summed E-state index contributed by atoms with van der Waals surface area (Å²) in [6.45, 7) is 5.81. The molecule has 7 nitrogen and oxygen atoms in total. The van der Waals surface area contributed by atoms with Crippen molar-refractivity contribution >= 4 is 11.6 Å². The number of guanidine groups is 1. The van der Waals surface area contributed by atoms with Gasteiger partial charge in [0.1, 0.15) is 0 Å². The third-order valence-corrected chi connectivity index (χ3v) is 3.73. The summed E-state index contributed by atoms with van der Waals surface area (Å²) in [7, 11) is 0. The molecule has 2 N–H and O–H groups in total. The van der Waals surface area contributed by atoms with Crippen LogP contribution in [-0.4, -0.2) is 42.0 Å². The number of benzene rings is 1. The zero-order valence-corrected chi connectivity index (χ0v) is 14.6. The molecule has 25 heavy (non-hydrogen) atoms. The molecule has 3 rings (SSSR count). The van der Waals surface area contributed by atoms with E-state index in [1.165, 1.54) is 0 Å². The van der Waals surface area contributed by atoms with Gasteiger partial charge in [0.05, 0.1) is 13.2 Å². The van der Waals surface area contributed by atoms with Crippen LogP contribution in [0.3, 0.4) is 0 Å². The molecule has 1 aliphatic heterocycles. The Kier molecular flexibility index (Phi) is 6.14. The van der Waals surface area contributed by atoms with Crippen LogP contribution in [0.15, 0.2) is 41.7 Å². The van der Waals surface area contributed by atoms with Gasteiger partial charge < -0.3 is 20.1 Å². The molecule has 0 amide bonds. The first-order chi connectivity index (χ1) is 12.3. The van der Waals surface area contributed by atoms with Gasteiger partial charge in [-0.3, -0.25) is 9.67 Å². The van der Waals surface area contributed by atoms with Gasteiger partial charge >= 0.3 is 0 Å². The topological polar surface area (TPSA) is 72.7 Å². The van der Waals surface area contributed by atoms with Crippen molar-refractivity contribution in [2.45, 2.75) is 26.3 Å². The van der Waals surface area contributed by atoms with Crippen LogP contribution in [0.2, 0.25) is 0 Å². The van der Waals surface area contributed by atoms with Crippen LogP contribution in [0.4, 0.5) is 5.69 Å². The van der Waals surface area contributed by atoms with Gasteiger partial charge in [0.25, 0.3) is 0 Å². The number of hydrogen-bond acceptors (Lipinski definition) is 4. The summed E-state index contributed by atoms with van der Waals surface area (Å²) in [4.78, 5) is 4.62. The predicted octanol–water partition coefficient (Wildman–Crippen LogP) is 2.51. The zero-order chi connectivity index (χ0) is 17.3. The molecule has 0 bridgehead atoms. The number of rotatable bonds is 6. The smallest absolute Gasteiger partial charge is 0.195 e. The minimum Gasteiger partial charge on any atom is -0.490 e. The normalized spacial score (nSPS) is 14.0. The summed E-state index contributed by atoms with van der Waals surface area (Å²) >= 11 is 0. The van der Waals surface area contributed by atoms with Crippen LogP contribution in [0.25, 0.3) is 0 Å². The van der Waals surface area contributed by atoms with Gasteiger partial charge in [-0.1, -0.05) is 0 Å². The number of nitrogens with one attached hydrogen (secondary N) is 2. The molecule has 7 heteroatoms. The Morgan fingerprint density at radius 3 is 2.96 bits per heavy atom. The lowest BCUT2D eigenvalue weighted by atomic mass is 10.3. The molecule has 0 saturated heterocycles. The molecule has 0 saturated carbocycles. The number of anilines is 1. The van der Waals surface area contributed by atoms with Crippen molar-refractivity contribution in [1.82, 2.24) is 15.1 Å². The number of fused-ring (bicyclic) bond motifs is 1. The van der Waals surface area contributed by atoms with E-state index >= 15 is 0 Å². The van der Waals surface area contributed by atoms with E-state index in [1.54, 1.807) is 6.20 Å². The zero-order valence-electron chi connectivity index (χ0n) is 14.6. The quantitative estimate of drug-likeness (QED) is 0.479. The third kappa shape index (κ3) is 5.14. The molecule has 2 aromatic rings. The predicted molar refractivity (Wildman–Crippen MR) is 98.5 cm³/mol. The second-order valence-corrected chi connectivity index (χ2v) is 5.72. The van der Waals surface area contributed by atoms with Crippen molar-refractivity contribution in [3.63, 3.8) is 0 Å². The Morgan fingerprint density at radius 2 is 2.16 bits per heavy atom. The minimum absolute atomic E-state index is 0.679. The molecule has 0 atom stereocenters. The van der Waals surface area contributed by atoms with Crippen LogP contribution in [0, 0.1) is 0 Å². The Bertz CT molecular complexity index is 685. The van der Waals surface area contributed by atoms with Crippen molar-refractivity contribution in [3.05, 3.63) is 36.7 Å². The van der Waals surface area contributed by atoms with Crippen molar-refractivity contribution < 1.29 is 9.47 Å². The Balaban J connectivity index is 1.58. The number of hydrogen-bond donors (Lipinski definition) is 2. The average Bonchev–Trinajstić information content (AvgIpc) is 3.03. The molecule has 1 aliphatic rings. The highest BCUT2D eigenvalue weighted by Gasteiger charge is 2.11. The fourth-order valence-electron chi connectivity index (χ4n) is 2.54. The number of aromatic nitrogens is 2. The van der Waals surface area contributed by atoms with Gasteiger partial charge in [0.15, 0.2) is 17.5 Å². The molecule has 1 aromatic carbocycles. The summed E-state index contributed by atoms with van der Waals surface area (Å²) in [5.41, 5.74) is 0.927. The second kappa shape index (κ2) is 8.96. The van der Waals surface area contributed by atoms with E-state index in [4.69, 9.17) is 9.47 Å². The number of nitrogens with zero attached hydrogens (tertiary/aromatic N) is 3. The fraction of sp³-hybridized carbons (Fsp3) is 0.444. The largest absolute Gasteiger partial charge is 0.490 e. The molecule has 0 fully saturated rings. The Labute approximate surface area is 148 Å². The molecule has 2 heterocycles. The van der Waals surface area contributed by atoms with Gasteiger partial charge in [-0.25, -0.2) is 0 Å². The van der Waals surface area contributed by atoms with Gasteiger partial charge in [0.2, 0.25) is 0 Å². The van der Waals surface area contributed by atoms with Gasteiger partial charge in [-0.15, -0.1) is 0 Å². The first-order valence-electron chi connectivity index (χ1n) is 8.77. The second-order valence-electron chi connectivity index (χ2n) is 5.72. The van der Waals surface area contributed by atoms with Crippen LogP contribution < -0.4 is 20.1 Å². The molecule has 0 spiro atoms. The summed E-state index contributed by atoms with van der Waals surface area (Å²) in [5.74, 6) is 2.33. The highest BCUT2D eigenvalue weighted by atomic mass is 16.5. The SMILES string of the molecule is CCNC(=NCCCn1cccn1)Nc1ccc2c(c1)OCCCO2.